The fraction of sp³-hybridized carbons (Fsp3) is 0.333. The number of ether oxygens (including phenoxy) is 1. The Labute approximate surface area is 161 Å². The van der Waals surface area contributed by atoms with Crippen LogP contribution in [0.4, 0.5) is 0 Å². The summed E-state index contributed by atoms with van der Waals surface area (Å²) in [4.78, 5) is 12.5. The largest absolute Gasteiger partial charge is 0.493 e. The lowest BCUT2D eigenvalue weighted by Crippen LogP contribution is -2.40. The molecular weight excluding hydrogens is 344 g/mol. The second-order valence-electron chi connectivity index (χ2n) is 6.47. The molecule has 0 bridgehead atoms. The van der Waals surface area contributed by atoms with E-state index in [0.717, 1.165) is 12.8 Å². The SMILES string of the molecule is CC(C)CCOc1ccccc1C(=O)NC(=S)NCCc1ccccc1. The number of hydrogen-bond donors (Lipinski definition) is 2. The van der Waals surface area contributed by atoms with Crippen LogP contribution < -0.4 is 15.4 Å². The molecule has 26 heavy (non-hydrogen) atoms. The van der Waals surface area contributed by atoms with Gasteiger partial charge >= 0.3 is 0 Å². The Balaban J connectivity index is 1.83. The Morgan fingerprint density at radius 3 is 2.50 bits per heavy atom. The molecule has 138 valence electrons. The molecule has 0 unspecified atom stereocenters. The summed E-state index contributed by atoms with van der Waals surface area (Å²) in [6.45, 7) is 5.53. The molecule has 1 amide bonds. The third-order valence-corrected chi connectivity index (χ3v) is 4.10. The van der Waals surface area contributed by atoms with Gasteiger partial charge in [0.2, 0.25) is 0 Å². The standard InChI is InChI=1S/C21H26N2O2S/c1-16(2)13-15-25-19-11-7-6-10-18(19)20(24)23-21(26)22-14-12-17-8-4-3-5-9-17/h3-11,16H,12-15H2,1-2H3,(H2,22,23,24,26). The average Bonchev–Trinajstić information content (AvgIpc) is 2.62. The van der Waals surface area contributed by atoms with Gasteiger partial charge in [0, 0.05) is 6.54 Å². The molecule has 4 nitrogen and oxygen atoms in total. The molecule has 0 aliphatic carbocycles. The van der Waals surface area contributed by atoms with Crippen LogP contribution in [0.3, 0.4) is 0 Å². The lowest BCUT2D eigenvalue weighted by atomic mass is 10.1. The average molecular weight is 371 g/mol. The number of carbonyl (C=O) groups excluding carboxylic acids is 1. The maximum atomic E-state index is 12.5. The first-order chi connectivity index (χ1) is 12.6. The van der Waals surface area contributed by atoms with E-state index in [0.29, 0.717) is 35.5 Å². The van der Waals surface area contributed by atoms with Gasteiger partial charge in [-0.15, -0.1) is 0 Å². The summed E-state index contributed by atoms with van der Waals surface area (Å²) >= 11 is 5.23. The Hall–Kier alpha value is -2.40. The first-order valence-corrected chi connectivity index (χ1v) is 9.32. The number of amides is 1. The molecule has 0 heterocycles. The van der Waals surface area contributed by atoms with Crippen molar-refractivity contribution >= 4 is 23.2 Å². The van der Waals surface area contributed by atoms with E-state index in [1.807, 2.05) is 30.3 Å². The Morgan fingerprint density at radius 2 is 1.77 bits per heavy atom. The quantitative estimate of drug-likeness (QED) is 0.691. The van der Waals surface area contributed by atoms with Crippen molar-refractivity contribution < 1.29 is 9.53 Å². The minimum atomic E-state index is -0.262. The van der Waals surface area contributed by atoms with Crippen LogP contribution in [0.15, 0.2) is 54.6 Å². The number of carbonyl (C=O) groups is 1. The first-order valence-electron chi connectivity index (χ1n) is 8.91. The summed E-state index contributed by atoms with van der Waals surface area (Å²) < 4.78 is 5.77. The molecule has 0 saturated heterocycles. The van der Waals surface area contributed by atoms with Gasteiger partial charge in [0.15, 0.2) is 5.11 Å². The van der Waals surface area contributed by atoms with E-state index in [-0.39, 0.29) is 5.91 Å². The Kier molecular flexibility index (Phi) is 8.09. The lowest BCUT2D eigenvalue weighted by molar-refractivity contribution is 0.0972. The predicted octanol–water partition coefficient (Wildman–Crippen LogP) is 3.96. The van der Waals surface area contributed by atoms with E-state index in [9.17, 15) is 4.79 Å². The van der Waals surface area contributed by atoms with Gasteiger partial charge in [0.25, 0.3) is 5.91 Å². The molecule has 0 atom stereocenters. The monoisotopic (exact) mass is 370 g/mol. The highest BCUT2D eigenvalue weighted by Gasteiger charge is 2.13. The van der Waals surface area contributed by atoms with Crippen molar-refractivity contribution in [1.82, 2.24) is 10.6 Å². The Bertz CT molecular complexity index is 717. The molecule has 0 aromatic heterocycles. The van der Waals surface area contributed by atoms with Crippen LogP contribution in [0, 0.1) is 5.92 Å². The Morgan fingerprint density at radius 1 is 1.08 bits per heavy atom. The van der Waals surface area contributed by atoms with Crippen molar-refractivity contribution in [2.45, 2.75) is 26.7 Å². The normalized spacial score (nSPS) is 10.4. The zero-order chi connectivity index (χ0) is 18.8. The summed E-state index contributed by atoms with van der Waals surface area (Å²) in [5.74, 6) is 0.873. The molecule has 0 radical (unpaired) electrons. The van der Waals surface area contributed by atoms with Crippen molar-refractivity contribution in [3.8, 4) is 5.75 Å². The molecule has 2 aromatic carbocycles. The number of thiocarbonyl (C=S) groups is 1. The topological polar surface area (TPSA) is 50.4 Å². The van der Waals surface area contributed by atoms with Gasteiger partial charge in [-0.3, -0.25) is 10.1 Å². The highest BCUT2D eigenvalue weighted by molar-refractivity contribution is 7.80. The van der Waals surface area contributed by atoms with Gasteiger partial charge < -0.3 is 10.1 Å². The van der Waals surface area contributed by atoms with Crippen LogP contribution in [0.5, 0.6) is 5.75 Å². The smallest absolute Gasteiger partial charge is 0.261 e. The van der Waals surface area contributed by atoms with Gasteiger partial charge in [-0.25, -0.2) is 0 Å². The molecule has 2 rings (SSSR count). The molecular formula is C21H26N2O2S. The maximum absolute atomic E-state index is 12.5. The molecule has 0 fully saturated rings. The van der Waals surface area contributed by atoms with E-state index in [2.05, 4.69) is 36.6 Å². The van der Waals surface area contributed by atoms with Crippen LogP contribution in [0.1, 0.15) is 36.2 Å². The second kappa shape index (κ2) is 10.6. The van der Waals surface area contributed by atoms with Crippen LogP contribution in [0.2, 0.25) is 0 Å². The number of hydrogen-bond acceptors (Lipinski definition) is 3. The number of nitrogens with one attached hydrogen (secondary N) is 2. The second-order valence-corrected chi connectivity index (χ2v) is 6.88. The molecule has 0 spiro atoms. The summed E-state index contributed by atoms with van der Waals surface area (Å²) in [6.07, 6.45) is 1.78. The summed E-state index contributed by atoms with van der Waals surface area (Å²) in [6, 6.07) is 17.4. The lowest BCUT2D eigenvalue weighted by Gasteiger charge is -2.13. The van der Waals surface area contributed by atoms with Crippen LogP contribution in [-0.4, -0.2) is 24.2 Å². The fourth-order valence-corrected chi connectivity index (χ4v) is 2.56. The zero-order valence-corrected chi connectivity index (χ0v) is 16.1. The van der Waals surface area contributed by atoms with Crippen molar-refractivity contribution in [2.75, 3.05) is 13.2 Å². The highest BCUT2D eigenvalue weighted by Crippen LogP contribution is 2.18. The van der Waals surface area contributed by atoms with Crippen LogP contribution in [0.25, 0.3) is 0 Å². The van der Waals surface area contributed by atoms with Gasteiger partial charge in [-0.1, -0.05) is 56.3 Å². The number of rotatable bonds is 8. The van der Waals surface area contributed by atoms with Gasteiger partial charge in [-0.2, -0.15) is 0 Å². The van der Waals surface area contributed by atoms with Crippen molar-refractivity contribution in [1.29, 1.82) is 0 Å². The zero-order valence-electron chi connectivity index (χ0n) is 15.3. The minimum Gasteiger partial charge on any atom is -0.493 e. The summed E-state index contributed by atoms with van der Waals surface area (Å²) in [5.41, 5.74) is 1.71. The predicted molar refractivity (Wildman–Crippen MR) is 110 cm³/mol. The van der Waals surface area contributed by atoms with Gasteiger partial charge in [-0.05, 0) is 48.7 Å². The van der Waals surface area contributed by atoms with Gasteiger partial charge in [0.05, 0.1) is 12.2 Å². The molecule has 0 saturated carbocycles. The number of para-hydroxylation sites is 1. The van der Waals surface area contributed by atoms with Gasteiger partial charge in [0.1, 0.15) is 5.75 Å². The molecule has 2 aromatic rings. The first kappa shape index (κ1) is 19.9. The highest BCUT2D eigenvalue weighted by atomic mass is 32.1. The molecule has 0 aliphatic heterocycles. The minimum absolute atomic E-state index is 0.262. The van der Waals surface area contributed by atoms with Crippen LogP contribution in [-0.2, 0) is 6.42 Å². The molecule has 0 aliphatic rings. The van der Waals surface area contributed by atoms with E-state index < -0.39 is 0 Å². The van der Waals surface area contributed by atoms with Crippen LogP contribution >= 0.6 is 12.2 Å². The third kappa shape index (κ3) is 6.84. The van der Waals surface area contributed by atoms with E-state index in [1.165, 1.54) is 5.56 Å². The number of benzene rings is 2. The van der Waals surface area contributed by atoms with E-state index in [1.54, 1.807) is 12.1 Å². The molecule has 2 N–H and O–H groups in total. The van der Waals surface area contributed by atoms with Crippen molar-refractivity contribution in [3.63, 3.8) is 0 Å². The van der Waals surface area contributed by atoms with E-state index in [4.69, 9.17) is 17.0 Å². The summed E-state index contributed by atoms with van der Waals surface area (Å²) in [5, 5.41) is 6.11. The molecule has 5 heteroatoms. The van der Waals surface area contributed by atoms with E-state index >= 15 is 0 Å². The third-order valence-electron chi connectivity index (χ3n) is 3.85. The maximum Gasteiger partial charge on any atom is 0.261 e. The van der Waals surface area contributed by atoms with Crippen molar-refractivity contribution in [3.05, 3.63) is 65.7 Å². The fourth-order valence-electron chi connectivity index (χ4n) is 2.36. The summed E-state index contributed by atoms with van der Waals surface area (Å²) in [7, 11) is 0. The van der Waals surface area contributed by atoms with Crippen molar-refractivity contribution in [2.24, 2.45) is 5.92 Å².